The molecule has 5 heteroatoms. The van der Waals surface area contributed by atoms with Crippen molar-refractivity contribution in [2.24, 2.45) is 0 Å². The molecule has 0 atom stereocenters. The molecule has 2 aromatic carbocycles. The summed E-state index contributed by atoms with van der Waals surface area (Å²) in [6.45, 7) is 1.95. The van der Waals surface area contributed by atoms with Crippen molar-refractivity contribution >= 4 is 34.1 Å². The molecule has 0 aliphatic heterocycles. The van der Waals surface area contributed by atoms with Gasteiger partial charge in [0.1, 0.15) is 5.69 Å². The summed E-state index contributed by atoms with van der Waals surface area (Å²) in [4.78, 5) is 1.53. The number of hydrogen-bond acceptors (Lipinski definition) is 2. The molecule has 4 nitrogen and oxygen atoms in total. The fourth-order valence-corrected chi connectivity index (χ4v) is 1.81. The van der Waals surface area contributed by atoms with Crippen LogP contribution < -0.4 is 10.2 Å². The van der Waals surface area contributed by atoms with Crippen LogP contribution in [0.3, 0.4) is 0 Å². The standard InChI is InChI=1S/C13H11N3O.Mg/c1-9-6-7-13(17)12(8-9)16-14-10-4-2-3-5-11(10)15-16;/h2-8,17H,1H3;/q;+2. The number of aromatic amines is 1. The van der Waals surface area contributed by atoms with Gasteiger partial charge >= 0.3 is 23.1 Å². The van der Waals surface area contributed by atoms with Gasteiger partial charge in [0.15, 0.2) is 5.52 Å². The van der Waals surface area contributed by atoms with Crippen LogP contribution >= 0.6 is 0 Å². The third-order valence-corrected chi connectivity index (χ3v) is 2.68. The van der Waals surface area contributed by atoms with Crippen molar-refractivity contribution in [2.75, 3.05) is 0 Å². The Morgan fingerprint density at radius 1 is 1.17 bits per heavy atom. The van der Waals surface area contributed by atoms with Crippen LogP contribution in [0.5, 0.6) is 5.75 Å². The molecule has 1 N–H and O–H groups in total. The van der Waals surface area contributed by atoms with E-state index in [1.165, 1.54) is 4.80 Å². The average molecular weight is 250 g/mol. The van der Waals surface area contributed by atoms with E-state index < -0.39 is 0 Å². The molecule has 0 bridgehead atoms. The maximum Gasteiger partial charge on any atom is 2.00 e. The Balaban J connectivity index is 0.00000120. The van der Waals surface area contributed by atoms with Crippen LogP contribution in [0.2, 0.25) is 0 Å². The van der Waals surface area contributed by atoms with E-state index in [1.54, 1.807) is 12.1 Å². The van der Waals surface area contributed by atoms with Gasteiger partial charge < -0.3 is 5.11 Å². The molecule has 0 fully saturated rings. The van der Waals surface area contributed by atoms with E-state index in [0.29, 0.717) is 5.69 Å². The molecule has 0 radical (unpaired) electrons. The summed E-state index contributed by atoms with van der Waals surface area (Å²) in [7, 11) is 0. The third-order valence-electron chi connectivity index (χ3n) is 2.68. The minimum Gasteiger partial charge on any atom is -0.871 e. The summed E-state index contributed by atoms with van der Waals surface area (Å²) in [6.07, 6.45) is 0. The SMILES string of the molecule is Cc1ccc([O-])c(-n2nc3ccccc3[nH+]2)c1.[Mg+2]. The van der Waals surface area contributed by atoms with Gasteiger partial charge in [-0.3, -0.25) is 0 Å². The van der Waals surface area contributed by atoms with Crippen LogP contribution in [0, 0.1) is 6.92 Å². The maximum absolute atomic E-state index is 11.8. The predicted molar refractivity (Wildman–Crippen MR) is 67.6 cm³/mol. The zero-order chi connectivity index (χ0) is 11.8. The van der Waals surface area contributed by atoms with E-state index in [0.717, 1.165) is 16.6 Å². The fraction of sp³-hybridized carbons (Fsp3) is 0.0769. The Labute approximate surface area is 120 Å². The molecule has 0 unspecified atom stereocenters. The Hall–Kier alpha value is -1.59. The molecule has 0 amide bonds. The van der Waals surface area contributed by atoms with Gasteiger partial charge in [-0.1, -0.05) is 30.0 Å². The first-order valence-corrected chi connectivity index (χ1v) is 5.39. The van der Waals surface area contributed by atoms with Gasteiger partial charge in [0.05, 0.1) is 5.10 Å². The van der Waals surface area contributed by atoms with Gasteiger partial charge in [0.2, 0.25) is 5.52 Å². The van der Waals surface area contributed by atoms with Crippen LogP contribution in [-0.4, -0.2) is 32.9 Å². The number of aryl methyl sites for hydroxylation is 1. The predicted octanol–water partition coefficient (Wildman–Crippen LogP) is 0.841. The van der Waals surface area contributed by atoms with E-state index in [4.69, 9.17) is 0 Å². The molecule has 0 aliphatic carbocycles. The first-order chi connectivity index (χ1) is 8.24. The van der Waals surface area contributed by atoms with Crippen LogP contribution in [0.4, 0.5) is 0 Å². The minimum atomic E-state index is -0.0420. The fourth-order valence-electron chi connectivity index (χ4n) is 1.81. The van der Waals surface area contributed by atoms with Crippen LogP contribution in [0.1, 0.15) is 5.56 Å². The normalized spacial score (nSPS) is 10.3. The summed E-state index contributed by atoms with van der Waals surface area (Å²) < 4.78 is 0. The van der Waals surface area contributed by atoms with Gasteiger partial charge in [0, 0.05) is 0 Å². The molecule has 0 saturated heterocycles. The second-order valence-corrected chi connectivity index (χ2v) is 4.01. The first-order valence-electron chi connectivity index (χ1n) is 5.39. The van der Waals surface area contributed by atoms with Crippen molar-refractivity contribution in [1.82, 2.24) is 9.90 Å². The zero-order valence-electron chi connectivity index (χ0n) is 10.1. The van der Waals surface area contributed by atoms with Gasteiger partial charge in [-0.05, 0) is 35.5 Å². The number of para-hydroxylation sites is 1. The Bertz CT molecular complexity index is 661. The number of aromatic nitrogens is 3. The van der Waals surface area contributed by atoms with Crippen LogP contribution in [-0.2, 0) is 0 Å². The molecule has 0 spiro atoms. The second-order valence-electron chi connectivity index (χ2n) is 4.01. The van der Waals surface area contributed by atoms with E-state index in [-0.39, 0.29) is 28.8 Å². The third kappa shape index (κ3) is 2.19. The molecule has 3 aromatic rings. The summed E-state index contributed by atoms with van der Waals surface area (Å²) in [5.41, 5.74) is 3.33. The quantitative estimate of drug-likeness (QED) is 0.600. The van der Waals surface area contributed by atoms with Crippen molar-refractivity contribution in [3.63, 3.8) is 0 Å². The first kappa shape index (κ1) is 12.9. The topological polar surface area (TPSA) is 55.0 Å². The number of benzene rings is 2. The summed E-state index contributed by atoms with van der Waals surface area (Å²) in [5.74, 6) is -0.0420. The largest absolute Gasteiger partial charge is 2.00 e. The maximum atomic E-state index is 11.8. The van der Waals surface area contributed by atoms with E-state index >= 15 is 0 Å². The molecule has 0 aliphatic rings. The average Bonchev–Trinajstić information content (AvgIpc) is 2.75. The van der Waals surface area contributed by atoms with Gasteiger partial charge in [-0.2, -0.15) is 5.10 Å². The smallest absolute Gasteiger partial charge is 0.871 e. The molecule has 84 valence electrons. The number of nitrogens with zero attached hydrogens (tertiary/aromatic N) is 2. The summed E-state index contributed by atoms with van der Waals surface area (Å²) in [5, 5.41) is 19.2. The van der Waals surface area contributed by atoms with Crippen molar-refractivity contribution in [3.8, 4) is 11.4 Å². The minimum absolute atomic E-state index is 0. The van der Waals surface area contributed by atoms with E-state index in [1.807, 2.05) is 37.3 Å². The zero-order valence-corrected chi connectivity index (χ0v) is 11.5. The number of H-pyrrole nitrogens is 1. The van der Waals surface area contributed by atoms with E-state index in [9.17, 15) is 5.11 Å². The van der Waals surface area contributed by atoms with Crippen molar-refractivity contribution in [2.45, 2.75) is 6.92 Å². The molecular formula is C13H11MgN3O+2. The monoisotopic (exact) mass is 249 g/mol. The second kappa shape index (κ2) is 4.95. The molecule has 1 heterocycles. The molecule has 18 heavy (non-hydrogen) atoms. The number of fused-ring (bicyclic) bond motifs is 1. The molecule has 1 aromatic heterocycles. The summed E-state index contributed by atoms with van der Waals surface area (Å²) in [6, 6.07) is 12.9. The van der Waals surface area contributed by atoms with Gasteiger partial charge in [0.25, 0.3) is 0 Å². The Morgan fingerprint density at radius 3 is 2.72 bits per heavy atom. The van der Waals surface area contributed by atoms with Gasteiger partial charge in [-0.25, -0.2) is 0 Å². The van der Waals surface area contributed by atoms with Crippen molar-refractivity contribution in [3.05, 3.63) is 48.0 Å². The number of hydrogen-bond donors (Lipinski definition) is 0. The number of rotatable bonds is 1. The Morgan fingerprint density at radius 2 is 1.94 bits per heavy atom. The van der Waals surface area contributed by atoms with E-state index in [2.05, 4.69) is 10.2 Å². The van der Waals surface area contributed by atoms with Crippen molar-refractivity contribution in [1.29, 1.82) is 0 Å². The van der Waals surface area contributed by atoms with Crippen LogP contribution in [0.15, 0.2) is 42.5 Å². The number of nitrogens with one attached hydrogen (secondary N) is 1. The molecular weight excluding hydrogens is 238 g/mol. The molecule has 3 rings (SSSR count). The summed E-state index contributed by atoms with van der Waals surface area (Å²) >= 11 is 0. The molecule has 0 saturated carbocycles. The van der Waals surface area contributed by atoms with Crippen LogP contribution in [0.25, 0.3) is 16.7 Å². The van der Waals surface area contributed by atoms with Gasteiger partial charge in [-0.15, -0.1) is 0 Å². The Kier molecular flexibility index (Phi) is 3.54. The van der Waals surface area contributed by atoms with Crippen molar-refractivity contribution < 1.29 is 10.2 Å².